The molecule has 1 aromatic carbocycles. The van der Waals surface area contributed by atoms with Crippen LogP contribution in [-0.2, 0) is 11.8 Å². The van der Waals surface area contributed by atoms with Crippen molar-refractivity contribution >= 4 is 28.7 Å². The van der Waals surface area contributed by atoms with Crippen LogP contribution in [-0.4, -0.2) is 30.6 Å². The first kappa shape index (κ1) is 26.4. The maximum Gasteiger partial charge on any atom is 0.258 e. The van der Waals surface area contributed by atoms with Crippen LogP contribution in [0.15, 0.2) is 71.0 Å². The van der Waals surface area contributed by atoms with Gasteiger partial charge >= 0.3 is 0 Å². The number of aryl methyl sites for hydroxylation is 1. The van der Waals surface area contributed by atoms with Crippen LogP contribution in [0.25, 0.3) is 33.5 Å². The predicted molar refractivity (Wildman–Crippen MR) is 153 cm³/mol. The van der Waals surface area contributed by atoms with Crippen LogP contribution in [0.2, 0.25) is 0 Å². The lowest BCUT2D eigenvalue weighted by molar-refractivity contribution is -0.117. The van der Waals surface area contributed by atoms with Crippen LogP contribution in [0.4, 0.5) is 0 Å². The number of thioether (sulfide) groups is 1. The first-order valence-corrected chi connectivity index (χ1v) is 13.2. The lowest BCUT2D eigenvalue weighted by Crippen LogP contribution is -2.27. The molecule has 0 radical (unpaired) electrons. The molecule has 2 N–H and O–H groups in total. The van der Waals surface area contributed by atoms with Crippen LogP contribution in [0.1, 0.15) is 53.1 Å². The van der Waals surface area contributed by atoms with Crippen molar-refractivity contribution in [1.29, 1.82) is 0 Å². The Hall–Kier alpha value is -3.65. The highest BCUT2D eigenvalue weighted by Gasteiger charge is 2.22. The summed E-state index contributed by atoms with van der Waals surface area (Å²) in [7, 11) is 1.89. The molecule has 0 bridgehead atoms. The molecule has 192 valence electrons. The standard InChI is InChI=1S/C29H34N6OS/c1-8-24(37-25(9-2)29(4,5)6)28(36)33-18(3)19-10-12-20(13-11-19)26-27-23(30-17-31-26)14-22(34-27)21-15-32-35(7)16-21/h8-18,34H,1-7H3,(H,33,36)/b24-8-,25-9+. The highest BCUT2D eigenvalue weighted by molar-refractivity contribution is 8.07. The van der Waals surface area contributed by atoms with Gasteiger partial charge in [0.05, 0.1) is 39.6 Å². The Bertz CT molecular complexity index is 1470. The Labute approximate surface area is 222 Å². The third-order valence-corrected chi connectivity index (χ3v) is 7.88. The molecule has 0 saturated heterocycles. The highest BCUT2D eigenvalue weighted by atomic mass is 32.2. The lowest BCUT2D eigenvalue weighted by Gasteiger charge is -2.23. The Morgan fingerprint density at radius 3 is 2.43 bits per heavy atom. The minimum atomic E-state index is -0.145. The number of H-pyrrole nitrogens is 1. The second-order valence-corrected chi connectivity index (χ2v) is 11.1. The molecule has 0 fully saturated rings. The van der Waals surface area contributed by atoms with E-state index in [9.17, 15) is 4.79 Å². The van der Waals surface area contributed by atoms with E-state index >= 15 is 0 Å². The largest absolute Gasteiger partial charge is 0.351 e. The molecule has 37 heavy (non-hydrogen) atoms. The van der Waals surface area contributed by atoms with Crippen molar-refractivity contribution in [3.05, 3.63) is 76.6 Å². The summed E-state index contributed by atoms with van der Waals surface area (Å²) in [6.45, 7) is 12.4. The molecule has 0 saturated carbocycles. The number of hydrogen-bond donors (Lipinski definition) is 2. The fourth-order valence-electron chi connectivity index (χ4n) is 4.15. The van der Waals surface area contributed by atoms with Crippen LogP contribution in [0, 0.1) is 5.41 Å². The minimum Gasteiger partial charge on any atom is -0.351 e. The number of nitrogens with one attached hydrogen (secondary N) is 2. The van der Waals surface area contributed by atoms with E-state index in [4.69, 9.17) is 0 Å². The molecule has 4 rings (SSSR count). The number of nitrogens with zero attached hydrogens (tertiary/aromatic N) is 4. The van der Waals surface area contributed by atoms with E-state index in [-0.39, 0.29) is 17.4 Å². The quantitative estimate of drug-likeness (QED) is 0.265. The van der Waals surface area contributed by atoms with Crippen molar-refractivity contribution in [2.45, 2.75) is 47.6 Å². The Kier molecular flexibility index (Phi) is 7.68. The van der Waals surface area contributed by atoms with Gasteiger partial charge < -0.3 is 10.3 Å². The van der Waals surface area contributed by atoms with Crippen LogP contribution in [0.5, 0.6) is 0 Å². The number of rotatable bonds is 7. The zero-order valence-corrected chi connectivity index (χ0v) is 23.3. The molecular weight excluding hydrogens is 480 g/mol. The minimum absolute atomic E-state index is 0.0142. The molecule has 7 nitrogen and oxygen atoms in total. The molecule has 1 unspecified atom stereocenters. The topological polar surface area (TPSA) is 88.5 Å². The zero-order chi connectivity index (χ0) is 26.7. The zero-order valence-electron chi connectivity index (χ0n) is 22.5. The Morgan fingerprint density at radius 2 is 1.84 bits per heavy atom. The molecule has 0 spiro atoms. The molecule has 3 heterocycles. The monoisotopic (exact) mass is 514 g/mol. The second kappa shape index (κ2) is 10.8. The van der Waals surface area contributed by atoms with Crippen molar-refractivity contribution in [2.24, 2.45) is 12.5 Å². The fraction of sp³-hybridized carbons (Fsp3) is 0.310. The predicted octanol–water partition coefficient (Wildman–Crippen LogP) is 6.79. The van der Waals surface area contributed by atoms with Gasteiger partial charge in [-0.15, -0.1) is 0 Å². The maximum absolute atomic E-state index is 13.0. The maximum atomic E-state index is 13.0. The molecule has 1 amide bonds. The first-order chi connectivity index (χ1) is 17.6. The van der Waals surface area contributed by atoms with Gasteiger partial charge in [0, 0.05) is 24.4 Å². The number of carbonyl (C=O) groups is 1. The van der Waals surface area contributed by atoms with Crippen molar-refractivity contribution < 1.29 is 4.79 Å². The second-order valence-electron chi connectivity index (χ2n) is 10.0. The van der Waals surface area contributed by atoms with Crippen molar-refractivity contribution in [3.8, 4) is 22.5 Å². The number of aromatic nitrogens is 5. The van der Waals surface area contributed by atoms with Crippen molar-refractivity contribution in [1.82, 2.24) is 30.0 Å². The molecule has 0 aliphatic carbocycles. The van der Waals surface area contributed by atoms with Crippen molar-refractivity contribution in [3.63, 3.8) is 0 Å². The van der Waals surface area contributed by atoms with Gasteiger partial charge in [0.1, 0.15) is 6.33 Å². The average molecular weight is 515 g/mol. The molecule has 3 aromatic heterocycles. The van der Waals surface area contributed by atoms with Crippen LogP contribution in [0.3, 0.4) is 0 Å². The first-order valence-electron chi connectivity index (χ1n) is 12.4. The van der Waals surface area contributed by atoms with Gasteiger partial charge in [0.15, 0.2) is 0 Å². The summed E-state index contributed by atoms with van der Waals surface area (Å²) in [5, 5.41) is 7.40. The Morgan fingerprint density at radius 1 is 1.11 bits per heavy atom. The van der Waals surface area contributed by atoms with E-state index in [0.717, 1.165) is 39.1 Å². The smallest absolute Gasteiger partial charge is 0.258 e. The van der Waals surface area contributed by atoms with Crippen LogP contribution >= 0.6 is 11.8 Å². The van der Waals surface area contributed by atoms with E-state index in [1.807, 2.05) is 76.6 Å². The van der Waals surface area contributed by atoms with Gasteiger partial charge in [0.25, 0.3) is 5.91 Å². The van der Waals surface area contributed by atoms with E-state index in [0.29, 0.717) is 4.91 Å². The highest BCUT2D eigenvalue weighted by Crippen LogP contribution is 2.39. The van der Waals surface area contributed by atoms with Gasteiger partial charge in [-0.25, -0.2) is 9.97 Å². The third-order valence-electron chi connectivity index (χ3n) is 6.17. The summed E-state index contributed by atoms with van der Waals surface area (Å²) in [4.78, 5) is 27.4. The summed E-state index contributed by atoms with van der Waals surface area (Å²) in [5.74, 6) is -0.0699. The number of amides is 1. The number of benzene rings is 1. The van der Waals surface area contributed by atoms with Crippen molar-refractivity contribution in [2.75, 3.05) is 0 Å². The number of carbonyl (C=O) groups excluding carboxylic acids is 1. The van der Waals surface area contributed by atoms with E-state index in [1.54, 1.807) is 11.0 Å². The average Bonchev–Trinajstić information content (AvgIpc) is 3.50. The molecule has 0 aliphatic rings. The number of aromatic amines is 1. The summed E-state index contributed by atoms with van der Waals surface area (Å²) >= 11 is 1.53. The van der Waals surface area contributed by atoms with E-state index in [2.05, 4.69) is 52.2 Å². The van der Waals surface area contributed by atoms with Gasteiger partial charge in [-0.2, -0.15) is 5.10 Å². The number of hydrogen-bond acceptors (Lipinski definition) is 5. The van der Waals surface area contributed by atoms with Gasteiger partial charge in [-0.05, 0) is 42.7 Å². The number of allylic oxidation sites excluding steroid dienone is 3. The summed E-state index contributed by atoms with van der Waals surface area (Å²) in [6.07, 6.45) is 9.33. The molecule has 8 heteroatoms. The van der Waals surface area contributed by atoms with E-state index in [1.165, 1.54) is 16.7 Å². The fourth-order valence-corrected chi connectivity index (χ4v) is 5.09. The third kappa shape index (κ3) is 5.85. The molecule has 1 atom stereocenters. The Balaban J connectivity index is 1.51. The molecule has 4 aromatic rings. The van der Waals surface area contributed by atoms with Gasteiger partial charge in [-0.3, -0.25) is 9.48 Å². The lowest BCUT2D eigenvalue weighted by atomic mass is 9.96. The van der Waals surface area contributed by atoms with Gasteiger partial charge in [-0.1, -0.05) is 69.0 Å². The normalized spacial score (nSPS) is 13.7. The molecular formula is C29H34N6OS. The summed E-state index contributed by atoms with van der Waals surface area (Å²) < 4.78 is 1.77. The SMILES string of the molecule is C/C=C(\S/C(=C/C)C(C)(C)C)C(=O)NC(C)c1ccc(-c2ncnc3cc(-c4cnn(C)c4)[nH]c23)cc1. The van der Waals surface area contributed by atoms with Crippen LogP contribution < -0.4 is 5.32 Å². The van der Waals surface area contributed by atoms with E-state index < -0.39 is 0 Å². The van der Waals surface area contributed by atoms with Gasteiger partial charge in [0.2, 0.25) is 0 Å². The molecule has 0 aliphatic heterocycles. The number of fused-ring (bicyclic) bond motifs is 1. The summed E-state index contributed by atoms with van der Waals surface area (Å²) in [5.41, 5.74) is 6.48. The summed E-state index contributed by atoms with van der Waals surface area (Å²) in [6, 6.07) is 10.0.